The van der Waals surface area contributed by atoms with Crippen molar-refractivity contribution >= 4 is 17.4 Å². The summed E-state index contributed by atoms with van der Waals surface area (Å²) >= 11 is 0. The number of ketones is 1. The quantitative estimate of drug-likeness (QED) is 0.495. The van der Waals surface area contributed by atoms with Crippen LogP contribution in [0.3, 0.4) is 0 Å². The number of carbonyl (C=O) groups excluding carboxylic acids is 2. The third-order valence-electron chi connectivity index (χ3n) is 4.56. The van der Waals surface area contributed by atoms with Gasteiger partial charge in [0.05, 0.1) is 11.4 Å². The molecule has 5 heteroatoms. The van der Waals surface area contributed by atoms with Crippen molar-refractivity contribution in [3.63, 3.8) is 0 Å². The Morgan fingerprint density at radius 1 is 0.828 bits per heavy atom. The number of benzene rings is 3. The minimum Gasteiger partial charge on any atom is -0.321 e. The van der Waals surface area contributed by atoms with Gasteiger partial charge in [-0.05, 0) is 49.4 Å². The summed E-state index contributed by atoms with van der Waals surface area (Å²) in [4.78, 5) is 24.5. The van der Waals surface area contributed by atoms with Gasteiger partial charge in [0.25, 0.3) is 5.91 Å². The van der Waals surface area contributed by atoms with E-state index in [0.29, 0.717) is 22.6 Å². The maximum atomic E-state index is 13.0. The first-order valence-electron chi connectivity index (χ1n) is 9.25. The molecule has 1 heterocycles. The molecule has 0 saturated heterocycles. The molecule has 0 fully saturated rings. The lowest BCUT2D eigenvalue weighted by Gasteiger charge is -2.08. The number of hydrogen-bond acceptors (Lipinski definition) is 3. The molecule has 142 valence electrons. The smallest absolute Gasteiger partial charge is 0.274 e. The topological polar surface area (TPSA) is 64.0 Å². The third-order valence-corrected chi connectivity index (χ3v) is 4.56. The molecular weight excluding hydrogens is 362 g/mol. The van der Waals surface area contributed by atoms with Gasteiger partial charge in [-0.3, -0.25) is 9.59 Å². The lowest BCUT2D eigenvalue weighted by atomic mass is 10.1. The molecule has 4 rings (SSSR count). The highest BCUT2D eigenvalue weighted by molar-refractivity contribution is 6.04. The van der Waals surface area contributed by atoms with Gasteiger partial charge in [-0.2, -0.15) is 5.10 Å². The Labute approximate surface area is 168 Å². The van der Waals surface area contributed by atoms with Gasteiger partial charge in [0.2, 0.25) is 0 Å². The number of para-hydroxylation sites is 1. The number of hydrogen-bond donors (Lipinski definition) is 1. The van der Waals surface area contributed by atoms with Crippen LogP contribution in [-0.2, 0) is 0 Å². The molecule has 0 radical (unpaired) electrons. The van der Waals surface area contributed by atoms with Crippen molar-refractivity contribution in [3.05, 3.63) is 102 Å². The maximum absolute atomic E-state index is 13.0. The zero-order valence-electron chi connectivity index (χ0n) is 15.9. The number of carbonyl (C=O) groups is 2. The monoisotopic (exact) mass is 381 g/mol. The Morgan fingerprint density at radius 2 is 1.45 bits per heavy atom. The lowest BCUT2D eigenvalue weighted by Crippen LogP contribution is -2.17. The molecule has 0 aliphatic heterocycles. The summed E-state index contributed by atoms with van der Waals surface area (Å²) in [7, 11) is 0. The number of aromatic nitrogens is 2. The number of Topliss-reactive ketones (excluding diaryl/α,β-unsaturated/α-hetero) is 1. The van der Waals surface area contributed by atoms with E-state index in [1.807, 2.05) is 60.7 Å². The van der Waals surface area contributed by atoms with E-state index in [9.17, 15) is 9.59 Å². The molecule has 29 heavy (non-hydrogen) atoms. The minimum absolute atomic E-state index is 0.0162. The molecular formula is C24H19N3O2. The van der Waals surface area contributed by atoms with Crippen LogP contribution < -0.4 is 5.32 Å². The summed E-state index contributed by atoms with van der Waals surface area (Å²) < 4.78 is 1.64. The van der Waals surface area contributed by atoms with Gasteiger partial charge in [0, 0.05) is 16.8 Å². The zero-order valence-corrected chi connectivity index (χ0v) is 15.9. The SMILES string of the molecule is CC(=O)c1ccc(NC(=O)c2cc(-c3ccccc3)nn2-c2ccccc2)cc1. The fraction of sp³-hybridized carbons (Fsp3) is 0.0417. The molecule has 0 aliphatic rings. The summed E-state index contributed by atoms with van der Waals surface area (Å²) in [5, 5.41) is 7.55. The fourth-order valence-corrected chi connectivity index (χ4v) is 3.04. The van der Waals surface area contributed by atoms with Gasteiger partial charge in [-0.15, -0.1) is 0 Å². The number of rotatable bonds is 5. The molecule has 0 aliphatic carbocycles. The van der Waals surface area contributed by atoms with E-state index in [4.69, 9.17) is 0 Å². The molecule has 1 N–H and O–H groups in total. The lowest BCUT2D eigenvalue weighted by molar-refractivity contribution is 0.101. The van der Waals surface area contributed by atoms with E-state index in [-0.39, 0.29) is 11.7 Å². The van der Waals surface area contributed by atoms with Crippen molar-refractivity contribution in [1.29, 1.82) is 0 Å². The second-order valence-corrected chi connectivity index (χ2v) is 6.62. The second-order valence-electron chi connectivity index (χ2n) is 6.62. The Hall–Kier alpha value is -3.99. The predicted octanol–water partition coefficient (Wildman–Crippen LogP) is 4.99. The van der Waals surface area contributed by atoms with E-state index in [1.54, 1.807) is 35.0 Å². The van der Waals surface area contributed by atoms with E-state index in [0.717, 1.165) is 11.3 Å². The van der Waals surface area contributed by atoms with Crippen LogP contribution in [0.15, 0.2) is 91.0 Å². The van der Waals surface area contributed by atoms with Crippen molar-refractivity contribution in [2.75, 3.05) is 5.32 Å². The van der Waals surface area contributed by atoms with Crippen LogP contribution in [0.4, 0.5) is 5.69 Å². The Morgan fingerprint density at radius 3 is 2.07 bits per heavy atom. The van der Waals surface area contributed by atoms with Crippen LogP contribution in [0.1, 0.15) is 27.8 Å². The number of anilines is 1. The van der Waals surface area contributed by atoms with Crippen molar-refractivity contribution in [1.82, 2.24) is 9.78 Å². The van der Waals surface area contributed by atoms with E-state index < -0.39 is 0 Å². The number of nitrogens with one attached hydrogen (secondary N) is 1. The molecule has 5 nitrogen and oxygen atoms in total. The first-order valence-corrected chi connectivity index (χ1v) is 9.25. The van der Waals surface area contributed by atoms with Crippen molar-refractivity contribution < 1.29 is 9.59 Å². The van der Waals surface area contributed by atoms with Crippen LogP contribution in [0.25, 0.3) is 16.9 Å². The molecule has 0 saturated carbocycles. The normalized spacial score (nSPS) is 10.5. The average molecular weight is 381 g/mol. The molecule has 3 aromatic carbocycles. The number of nitrogens with zero attached hydrogens (tertiary/aromatic N) is 2. The van der Waals surface area contributed by atoms with Gasteiger partial charge in [-0.25, -0.2) is 4.68 Å². The van der Waals surface area contributed by atoms with Crippen LogP contribution in [-0.4, -0.2) is 21.5 Å². The van der Waals surface area contributed by atoms with Crippen LogP contribution in [0, 0.1) is 0 Å². The molecule has 4 aromatic rings. The fourth-order valence-electron chi connectivity index (χ4n) is 3.04. The summed E-state index contributed by atoms with van der Waals surface area (Å²) in [6.07, 6.45) is 0. The largest absolute Gasteiger partial charge is 0.321 e. The van der Waals surface area contributed by atoms with Gasteiger partial charge in [0.1, 0.15) is 5.69 Å². The molecule has 1 amide bonds. The van der Waals surface area contributed by atoms with Crippen LogP contribution >= 0.6 is 0 Å². The highest BCUT2D eigenvalue weighted by Crippen LogP contribution is 2.22. The Bertz CT molecular complexity index is 1150. The predicted molar refractivity (Wildman–Crippen MR) is 113 cm³/mol. The zero-order chi connectivity index (χ0) is 20.2. The van der Waals surface area contributed by atoms with Gasteiger partial charge >= 0.3 is 0 Å². The van der Waals surface area contributed by atoms with E-state index >= 15 is 0 Å². The van der Waals surface area contributed by atoms with Gasteiger partial charge in [-0.1, -0.05) is 48.5 Å². The Kier molecular flexibility index (Phi) is 5.03. The standard InChI is InChI=1S/C24H19N3O2/c1-17(28)18-12-14-20(15-13-18)25-24(29)23-16-22(19-8-4-2-5-9-19)26-27(23)21-10-6-3-7-11-21/h2-16H,1H3,(H,25,29). The maximum Gasteiger partial charge on any atom is 0.274 e. The molecule has 0 unspecified atom stereocenters. The second kappa shape index (κ2) is 7.94. The van der Waals surface area contributed by atoms with E-state index in [2.05, 4.69) is 10.4 Å². The Balaban J connectivity index is 1.70. The first-order chi connectivity index (χ1) is 14.1. The highest BCUT2D eigenvalue weighted by Gasteiger charge is 2.18. The molecule has 0 atom stereocenters. The van der Waals surface area contributed by atoms with E-state index in [1.165, 1.54) is 6.92 Å². The van der Waals surface area contributed by atoms with Crippen molar-refractivity contribution in [2.24, 2.45) is 0 Å². The van der Waals surface area contributed by atoms with Gasteiger partial charge in [0.15, 0.2) is 5.78 Å². The third kappa shape index (κ3) is 3.99. The first kappa shape index (κ1) is 18.4. The number of amides is 1. The van der Waals surface area contributed by atoms with Crippen LogP contribution in [0.2, 0.25) is 0 Å². The van der Waals surface area contributed by atoms with Crippen molar-refractivity contribution in [2.45, 2.75) is 6.92 Å². The summed E-state index contributed by atoms with van der Waals surface area (Å²) in [6, 6.07) is 27.9. The summed E-state index contributed by atoms with van der Waals surface area (Å²) in [6.45, 7) is 1.51. The van der Waals surface area contributed by atoms with Gasteiger partial charge < -0.3 is 5.32 Å². The minimum atomic E-state index is -0.279. The molecule has 1 aromatic heterocycles. The summed E-state index contributed by atoms with van der Waals surface area (Å²) in [5.74, 6) is -0.295. The highest BCUT2D eigenvalue weighted by atomic mass is 16.2. The van der Waals surface area contributed by atoms with Crippen molar-refractivity contribution in [3.8, 4) is 16.9 Å². The molecule has 0 spiro atoms. The molecule has 0 bridgehead atoms. The summed E-state index contributed by atoms with van der Waals surface area (Å²) in [5.41, 5.74) is 4.08. The van der Waals surface area contributed by atoms with Crippen LogP contribution in [0.5, 0.6) is 0 Å². The average Bonchev–Trinajstić information content (AvgIpc) is 3.21.